The van der Waals surface area contributed by atoms with Crippen molar-refractivity contribution in [2.24, 2.45) is 0 Å². The second kappa shape index (κ2) is 4.82. The van der Waals surface area contributed by atoms with Crippen LogP contribution in [-0.2, 0) is 4.79 Å². The molecule has 1 rings (SSSR count). The Morgan fingerprint density at radius 1 is 0.941 bits per heavy atom. The fourth-order valence-electron chi connectivity index (χ4n) is 0.822. The zero-order chi connectivity index (χ0) is 13.3. The number of benzene rings is 1. The molecule has 1 aromatic carbocycles. The van der Waals surface area contributed by atoms with E-state index in [9.17, 15) is 26.7 Å². The van der Waals surface area contributed by atoms with Crippen molar-refractivity contribution in [1.29, 1.82) is 0 Å². The first kappa shape index (κ1) is 13.6. The van der Waals surface area contributed by atoms with Crippen LogP contribution in [0.3, 0.4) is 0 Å². The third-order valence-corrected chi connectivity index (χ3v) is 1.91. The Hall–Kier alpha value is -1.44. The minimum atomic E-state index is -2.34. The van der Waals surface area contributed by atoms with Gasteiger partial charge < -0.3 is 4.74 Å². The van der Waals surface area contributed by atoms with Crippen LogP contribution in [0.25, 0.3) is 0 Å². The Kier molecular flexibility index (Phi) is 3.87. The lowest BCUT2D eigenvalue weighted by Gasteiger charge is -2.07. The van der Waals surface area contributed by atoms with Crippen LogP contribution in [0.2, 0.25) is 0 Å². The first-order valence-corrected chi connectivity index (χ1v) is 4.64. The van der Waals surface area contributed by atoms with Crippen LogP contribution in [0.1, 0.15) is 0 Å². The van der Waals surface area contributed by atoms with E-state index in [0.717, 1.165) is 0 Å². The van der Waals surface area contributed by atoms with Crippen LogP contribution in [0.15, 0.2) is 11.1 Å². The van der Waals surface area contributed by atoms with Gasteiger partial charge in [0.25, 0.3) is 0 Å². The fraction of sp³-hybridized carbons (Fsp3) is 0. The summed E-state index contributed by atoms with van der Waals surface area (Å²) in [4.78, 5) is 10.9. The summed E-state index contributed by atoms with van der Waals surface area (Å²) in [6, 6.07) is 0. The Morgan fingerprint density at radius 2 is 1.29 bits per heavy atom. The van der Waals surface area contributed by atoms with Crippen LogP contribution in [0.5, 0.6) is 5.75 Å². The molecule has 0 saturated carbocycles. The number of carbonyl (C=O) groups is 1. The molecule has 92 valence electrons. The summed E-state index contributed by atoms with van der Waals surface area (Å²) in [7, 11) is 0. The monoisotopic (exact) mass is 316 g/mol. The van der Waals surface area contributed by atoms with Crippen molar-refractivity contribution in [2.45, 2.75) is 0 Å². The van der Waals surface area contributed by atoms with Gasteiger partial charge in [-0.15, -0.1) is 0 Å². The molecule has 0 aromatic heterocycles. The largest absolute Gasteiger partial charge is 0.416 e. The Balaban J connectivity index is 3.35. The molecule has 0 aliphatic rings. The van der Waals surface area contributed by atoms with Gasteiger partial charge in [0, 0.05) is 0 Å². The van der Waals surface area contributed by atoms with E-state index in [2.05, 4.69) is 27.2 Å². The summed E-state index contributed by atoms with van der Waals surface area (Å²) >= 11 is 2.52. The maximum absolute atomic E-state index is 13.0. The van der Waals surface area contributed by atoms with E-state index < -0.39 is 45.3 Å². The first-order chi connectivity index (χ1) is 7.77. The molecule has 0 saturated heterocycles. The number of rotatable bonds is 2. The predicted molar refractivity (Wildman–Crippen MR) is 49.9 cm³/mol. The molecule has 0 amide bonds. The van der Waals surface area contributed by atoms with Gasteiger partial charge in [-0.25, -0.2) is 18.0 Å². The second-order valence-electron chi connectivity index (χ2n) is 2.69. The van der Waals surface area contributed by atoms with Crippen molar-refractivity contribution in [3.63, 3.8) is 0 Å². The lowest BCUT2D eigenvalue weighted by atomic mass is 10.2. The lowest BCUT2D eigenvalue weighted by molar-refractivity contribution is -0.129. The van der Waals surface area contributed by atoms with Crippen molar-refractivity contribution in [2.75, 3.05) is 0 Å². The minimum Gasteiger partial charge on any atom is -0.416 e. The van der Waals surface area contributed by atoms with Crippen molar-refractivity contribution in [3.8, 4) is 5.75 Å². The van der Waals surface area contributed by atoms with Gasteiger partial charge in [-0.05, 0) is 15.9 Å². The first-order valence-electron chi connectivity index (χ1n) is 3.85. The molecular weight excluding hydrogens is 315 g/mol. The van der Waals surface area contributed by atoms with Crippen molar-refractivity contribution >= 4 is 21.9 Å². The molecule has 1 aromatic rings. The van der Waals surface area contributed by atoms with Gasteiger partial charge >= 0.3 is 5.97 Å². The molecule has 0 bridgehead atoms. The molecule has 0 radical (unpaired) electrons. The molecular formula is C9H2BrF5O2. The highest BCUT2D eigenvalue weighted by molar-refractivity contribution is 9.12. The third kappa shape index (κ3) is 2.46. The van der Waals surface area contributed by atoms with E-state index in [-0.39, 0.29) is 0 Å². The van der Waals surface area contributed by atoms with Gasteiger partial charge in [0.2, 0.25) is 34.8 Å². The smallest absolute Gasteiger partial charge is 0.350 e. The number of carbonyl (C=O) groups excluding carboxylic acids is 1. The van der Waals surface area contributed by atoms with Crippen LogP contribution < -0.4 is 4.74 Å². The second-order valence-corrected chi connectivity index (χ2v) is 3.65. The number of hydrogen-bond donors (Lipinski definition) is 0. The summed E-state index contributed by atoms with van der Waals surface area (Å²) in [5.41, 5.74) is 0. The molecule has 0 N–H and O–H groups in total. The van der Waals surface area contributed by atoms with E-state index in [1.807, 2.05) is 0 Å². The highest BCUT2D eigenvalue weighted by Gasteiger charge is 2.28. The number of halogens is 6. The molecule has 0 fully saturated rings. The van der Waals surface area contributed by atoms with Crippen molar-refractivity contribution in [3.05, 3.63) is 40.1 Å². The molecule has 0 heterocycles. The van der Waals surface area contributed by atoms with E-state index in [4.69, 9.17) is 0 Å². The van der Waals surface area contributed by atoms with Gasteiger partial charge in [-0.1, -0.05) is 6.58 Å². The van der Waals surface area contributed by atoms with Crippen LogP contribution in [0, 0.1) is 29.1 Å². The molecule has 0 atom stereocenters. The Labute approximate surface area is 99.8 Å². The summed E-state index contributed by atoms with van der Waals surface area (Å²) in [5.74, 6) is -14.3. The SMILES string of the molecule is C=C(Br)C(=O)Oc1c(F)c(F)c(F)c(F)c1F. The van der Waals surface area contributed by atoms with Gasteiger partial charge in [-0.2, -0.15) is 8.78 Å². The van der Waals surface area contributed by atoms with E-state index in [0.29, 0.717) is 0 Å². The molecule has 0 unspecified atom stereocenters. The number of hydrogen-bond acceptors (Lipinski definition) is 2. The average Bonchev–Trinajstić information content (AvgIpc) is 2.29. The summed E-state index contributed by atoms with van der Waals surface area (Å²) in [5, 5.41) is 0. The Morgan fingerprint density at radius 3 is 1.65 bits per heavy atom. The third-order valence-electron chi connectivity index (χ3n) is 1.59. The Bertz CT molecular complexity index is 486. The summed E-state index contributed by atoms with van der Waals surface area (Å²) in [6.07, 6.45) is 0. The predicted octanol–water partition coefficient (Wildman–Crippen LogP) is 3.20. The molecule has 0 aliphatic heterocycles. The average molecular weight is 317 g/mol. The maximum Gasteiger partial charge on any atom is 0.350 e. The summed E-state index contributed by atoms with van der Waals surface area (Å²) in [6.45, 7) is 3.01. The summed E-state index contributed by atoms with van der Waals surface area (Å²) < 4.78 is 67.4. The normalized spacial score (nSPS) is 10.2. The number of esters is 1. The molecule has 8 heteroatoms. The lowest BCUT2D eigenvalue weighted by Crippen LogP contribution is -2.12. The molecule has 0 aliphatic carbocycles. The van der Waals surface area contributed by atoms with Crippen molar-refractivity contribution < 1.29 is 31.5 Å². The van der Waals surface area contributed by atoms with Gasteiger partial charge in [0.15, 0.2) is 0 Å². The van der Waals surface area contributed by atoms with Crippen LogP contribution >= 0.6 is 15.9 Å². The topological polar surface area (TPSA) is 26.3 Å². The van der Waals surface area contributed by atoms with Crippen LogP contribution in [-0.4, -0.2) is 5.97 Å². The minimum absolute atomic E-state index is 0.443. The van der Waals surface area contributed by atoms with Crippen molar-refractivity contribution in [1.82, 2.24) is 0 Å². The van der Waals surface area contributed by atoms with Gasteiger partial charge in [0.1, 0.15) is 0 Å². The standard InChI is InChI=1S/C9H2BrF5O2/c1-2(10)9(16)17-8-6(14)4(12)3(11)5(13)7(8)15/h1H2. The van der Waals surface area contributed by atoms with Crippen LogP contribution in [0.4, 0.5) is 22.0 Å². The van der Waals surface area contributed by atoms with E-state index in [1.165, 1.54) is 0 Å². The van der Waals surface area contributed by atoms with E-state index in [1.54, 1.807) is 0 Å². The van der Waals surface area contributed by atoms with Gasteiger partial charge in [-0.3, -0.25) is 0 Å². The zero-order valence-corrected chi connectivity index (χ0v) is 9.38. The molecule has 2 nitrogen and oxygen atoms in total. The quantitative estimate of drug-likeness (QED) is 0.209. The highest BCUT2D eigenvalue weighted by atomic mass is 79.9. The fourth-order valence-corrected chi connectivity index (χ4v) is 0.903. The molecule has 0 spiro atoms. The molecule has 17 heavy (non-hydrogen) atoms. The van der Waals surface area contributed by atoms with Gasteiger partial charge in [0.05, 0.1) is 4.48 Å². The van der Waals surface area contributed by atoms with E-state index >= 15 is 0 Å². The maximum atomic E-state index is 13.0. The zero-order valence-electron chi connectivity index (χ0n) is 7.79. The highest BCUT2D eigenvalue weighted by Crippen LogP contribution is 2.29. The number of ether oxygens (including phenoxy) is 1.